The second-order valence-electron chi connectivity index (χ2n) is 7.49. The highest BCUT2D eigenvalue weighted by Crippen LogP contribution is 2.29. The van der Waals surface area contributed by atoms with Gasteiger partial charge in [-0.1, -0.05) is 23.9 Å². The molecule has 2 atom stereocenters. The fourth-order valence-electron chi connectivity index (χ4n) is 3.81. The molecule has 1 fully saturated rings. The number of carbonyl (C=O) groups is 1. The number of carbonyl (C=O) groups excluding carboxylic acids is 1. The molecule has 0 spiro atoms. The van der Waals surface area contributed by atoms with Crippen LogP contribution in [0.2, 0.25) is 0 Å². The van der Waals surface area contributed by atoms with Gasteiger partial charge in [-0.3, -0.25) is 9.36 Å². The summed E-state index contributed by atoms with van der Waals surface area (Å²) >= 11 is 1.47. The summed E-state index contributed by atoms with van der Waals surface area (Å²) < 4.78 is 13.4. The Balaban J connectivity index is 1.58. The topological polar surface area (TPSA) is 56.6 Å². The van der Waals surface area contributed by atoms with Crippen LogP contribution in [0.25, 0.3) is 16.7 Å². The average molecular weight is 426 g/mol. The molecule has 30 heavy (non-hydrogen) atoms. The van der Waals surface area contributed by atoms with Crippen molar-refractivity contribution in [2.75, 3.05) is 25.4 Å². The van der Waals surface area contributed by atoms with Gasteiger partial charge in [0.15, 0.2) is 5.16 Å². The van der Waals surface area contributed by atoms with E-state index < -0.39 is 0 Å². The molecule has 4 rings (SSSR count). The minimum Gasteiger partial charge on any atom is -0.494 e. The lowest BCUT2D eigenvalue weighted by atomic mass is 10.2. The summed E-state index contributed by atoms with van der Waals surface area (Å²) in [5.41, 5.74) is 2.93. The minimum absolute atomic E-state index is 0.0659. The number of rotatable bonds is 6. The molecular formula is C23H27N3O3S. The Labute approximate surface area is 181 Å². The lowest BCUT2D eigenvalue weighted by Gasteiger charge is -2.35. The zero-order chi connectivity index (χ0) is 21.1. The van der Waals surface area contributed by atoms with Crippen molar-refractivity contribution in [2.24, 2.45) is 0 Å². The van der Waals surface area contributed by atoms with Gasteiger partial charge < -0.3 is 14.4 Å². The maximum absolute atomic E-state index is 12.8. The van der Waals surface area contributed by atoms with Gasteiger partial charge in [-0.05, 0) is 57.2 Å². The van der Waals surface area contributed by atoms with Crippen molar-refractivity contribution in [3.63, 3.8) is 0 Å². The van der Waals surface area contributed by atoms with Crippen LogP contribution in [0.1, 0.15) is 20.8 Å². The van der Waals surface area contributed by atoms with Crippen LogP contribution in [0, 0.1) is 0 Å². The zero-order valence-electron chi connectivity index (χ0n) is 17.6. The zero-order valence-corrected chi connectivity index (χ0v) is 18.4. The van der Waals surface area contributed by atoms with E-state index >= 15 is 0 Å². The molecule has 0 aliphatic carbocycles. The number of hydrogen-bond acceptors (Lipinski definition) is 5. The third kappa shape index (κ3) is 4.47. The SMILES string of the molecule is CCOc1ccc(-n2c(SCC(=O)N3C[C@H](C)O[C@@H](C)C3)nc3ccccc32)cc1. The van der Waals surface area contributed by atoms with Gasteiger partial charge in [0.1, 0.15) is 5.75 Å². The molecule has 1 aromatic heterocycles. The number of ether oxygens (including phenoxy) is 2. The van der Waals surface area contributed by atoms with Crippen LogP contribution >= 0.6 is 11.8 Å². The Bertz CT molecular complexity index is 1010. The van der Waals surface area contributed by atoms with Gasteiger partial charge in [0.05, 0.1) is 35.6 Å². The minimum atomic E-state index is 0.0659. The standard InChI is InChI=1S/C23H27N3O3S/c1-4-28-19-11-9-18(10-12-19)26-21-8-6-5-7-20(21)24-23(26)30-15-22(27)25-13-16(2)29-17(3)14-25/h5-12,16-17H,4,13-15H2,1-3H3/t16-,17-/m0/s1. The number of amides is 1. The van der Waals surface area contributed by atoms with Crippen molar-refractivity contribution in [1.29, 1.82) is 0 Å². The van der Waals surface area contributed by atoms with Crippen LogP contribution in [0.15, 0.2) is 53.7 Å². The number of nitrogens with zero attached hydrogens (tertiary/aromatic N) is 3. The van der Waals surface area contributed by atoms with Gasteiger partial charge in [0, 0.05) is 18.8 Å². The van der Waals surface area contributed by atoms with Crippen LogP contribution < -0.4 is 4.74 Å². The first-order valence-corrected chi connectivity index (χ1v) is 11.3. The number of benzene rings is 2. The summed E-state index contributed by atoms with van der Waals surface area (Å²) in [7, 11) is 0. The summed E-state index contributed by atoms with van der Waals surface area (Å²) in [6.45, 7) is 7.90. The number of fused-ring (bicyclic) bond motifs is 1. The average Bonchev–Trinajstić information content (AvgIpc) is 3.10. The molecule has 0 unspecified atom stereocenters. The third-order valence-corrected chi connectivity index (χ3v) is 5.96. The maximum Gasteiger partial charge on any atom is 0.233 e. The smallest absolute Gasteiger partial charge is 0.233 e. The number of thioether (sulfide) groups is 1. The second kappa shape index (κ2) is 9.10. The molecule has 1 aliphatic heterocycles. The normalized spacial score (nSPS) is 19.2. The van der Waals surface area contributed by atoms with E-state index in [1.54, 1.807) is 0 Å². The van der Waals surface area contributed by atoms with Gasteiger partial charge in [-0.15, -0.1) is 0 Å². The second-order valence-corrected chi connectivity index (χ2v) is 8.43. The van der Waals surface area contributed by atoms with Gasteiger partial charge in [0.25, 0.3) is 0 Å². The molecule has 6 nitrogen and oxygen atoms in total. The highest BCUT2D eigenvalue weighted by Gasteiger charge is 2.26. The lowest BCUT2D eigenvalue weighted by molar-refractivity contribution is -0.140. The Morgan fingerprint density at radius 2 is 1.83 bits per heavy atom. The monoisotopic (exact) mass is 425 g/mol. The van der Waals surface area contributed by atoms with Crippen molar-refractivity contribution >= 4 is 28.7 Å². The lowest BCUT2D eigenvalue weighted by Crippen LogP contribution is -2.48. The highest BCUT2D eigenvalue weighted by molar-refractivity contribution is 7.99. The van der Waals surface area contributed by atoms with E-state index in [2.05, 4.69) is 10.6 Å². The number of para-hydroxylation sites is 2. The van der Waals surface area contributed by atoms with Gasteiger partial charge in [-0.25, -0.2) is 4.98 Å². The highest BCUT2D eigenvalue weighted by atomic mass is 32.2. The summed E-state index contributed by atoms with van der Waals surface area (Å²) in [4.78, 5) is 19.5. The van der Waals surface area contributed by atoms with E-state index in [4.69, 9.17) is 14.5 Å². The van der Waals surface area contributed by atoms with E-state index in [0.717, 1.165) is 27.6 Å². The Kier molecular flexibility index (Phi) is 6.29. The van der Waals surface area contributed by atoms with Gasteiger partial charge in [0.2, 0.25) is 5.91 Å². The van der Waals surface area contributed by atoms with E-state index in [1.807, 2.05) is 68.1 Å². The Morgan fingerprint density at radius 1 is 1.13 bits per heavy atom. The molecule has 0 radical (unpaired) electrons. The van der Waals surface area contributed by atoms with Gasteiger partial charge >= 0.3 is 0 Å². The molecule has 0 saturated carbocycles. The fourth-order valence-corrected chi connectivity index (χ4v) is 4.74. The van der Waals surface area contributed by atoms with Crippen molar-refractivity contribution in [1.82, 2.24) is 14.5 Å². The first kappa shape index (κ1) is 20.8. The van der Waals surface area contributed by atoms with Crippen LogP contribution in [-0.4, -0.2) is 58.0 Å². The Hall–Kier alpha value is -2.51. The number of hydrogen-bond donors (Lipinski definition) is 0. The molecule has 2 aromatic carbocycles. The molecule has 158 valence electrons. The largest absolute Gasteiger partial charge is 0.494 e. The number of aromatic nitrogens is 2. The van der Waals surface area contributed by atoms with Crippen molar-refractivity contribution in [2.45, 2.75) is 38.1 Å². The van der Waals surface area contributed by atoms with E-state index in [9.17, 15) is 4.79 Å². The van der Waals surface area contributed by atoms with Crippen molar-refractivity contribution < 1.29 is 14.3 Å². The van der Waals surface area contributed by atoms with Crippen LogP contribution in [0.3, 0.4) is 0 Å². The van der Waals surface area contributed by atoms with E-state index in [0.29, 0.717) is 25.4 Å². The first-order valence-electron chi connectivity index (χ1n) is 10.3. The molecule has 0 N–H and O–H groups in total. The van der Waals surface area contributed by atoms with E-state index in [1.165, 1.54) is 11.8 Å². The van der Waals surface area contributed by atoms with Crippen molar-refractivity contribution in [3.8, 4) is 11.4 Å². The molecule has 0 bridgehead atoms. The summed E-state index contributed by atoms with van der Waals surface area (Å²) in [5.74, 6) is 1.30. The van der Waals surface area contributed by atoms with E-state index in [-0.39, 0.29) is 18.1 Å². The Morgan fingerprint density at radius 3 is 2.53 bits per heavy atom. The first-order chi connectivity index (χ1) is 14.5. The molecule has 1 saturated heterocycles. The number of morpholine rings is 1. The number of imidazole rings is 1. The van der Waals surface area contributed by atoms with Crippen LogP contribution in [0.4, 0.5) is 0 Å². The van der Waals surface area contributed by atoms with Gasteiger partial charge in [-0.2, -0.15) is 0 Å². The third-order valence-electron chi connectivity index (χ3n) is 5.03. The van der Waals surface area contributed by atoms with Crippen LogP contribution in [0.5, 0.6) is 5.75 Å². The van der Waals surface area contributed by atoms with Crippen LogP contribution in [-0.2, 0) is 9.53 Å². The fraction of sp³-hybridized carbons (Fsp3) is 0.391. The molecule has 3 aromatic rings. The quantitative estimate of drug-likeness (QED) is 0.555. The molecule has 1 aliphatic rings. The predicted molar refractivity (Wildman–Crippen MR) is 120 cm³/mol. The summed E-state index contributed by atoms with van der Waals surface area (Å²) in [5, 5.41) is 0.808. The summed E-state index contributed by atoms with van der Waals surface area (Å²) in [6.07, 6.45) is 0.132. The maximum atomic E-state index is 12.8. The molecular weight excluding hydrogens is 398 g/mol. The molecule has 7 heteroatoms. The predicted octanol–water partition coefficient (Wildman–Crippen LogP) is 4.15. The van der Waals surface area contributed by atoms with Crippen molar-refractivity contribution in [3.05, 3.63) is 48.5 Å². The summed E-state index contributed by atoms with van der Waals surface area (Å²) in [6, 6.07) is 16.0. The molecule has 1 amide bonds. The molecule has 2 heterocycles.